The van der Waals surface area contributed by atoms with Gasteiger partial charge < -0.3 is 0 Å². The van der Waals surface area contributed by atoms with E-state index in [1.807, 2.05) is 0 Å². The van der Waals surface area contributed by atoms with E-state index in [0.29, 0.717) is 0 Å². The molecule has 1 aromatic rings. The van der Waals surface area contributed by atoms with Gasteiger partial charge in [-0.15, -0.1) is 0 Å². The first-order valence-corrected chi connectivity index (χ1v) is 23.1. The van der Waals surface area contributed by atoms with Gasteiger partial charge in [0.2, 0.25) is 0 Å². The monoisotopic (exact) mass is 406 g/mol. The van der Waals surface area contributed by atoms with Crippen LogP contribution in [0, 0.1) is 0 Å². The summed E-state index contributed by atoms with van der Waals surface area (Å²) in [5, 5.41) is 0. The molecule has 0 fully saturated rings. The van der Waals surface area contributed by atoms with Crippen LogP contribution < -0.4 is 3.26 Å². The molecule has 0 bridgehead atoms. The minimum absolute atomic E-state index is 0.0539. The zero-order valence-corrected chi connectivity index (χ0v) is 18.1. The fourth-order valence-electron chi connectivity index (χ4n) is 2.86. The second kappa shape index (κ2) is 5.35. The summed E-state index contributed by atoms with van der Waals surface area (Å²) in [7, 11) is 14.5. The Kier molecular flexibility index (Phi) is 4.54. The van der Waals surface area contributed by atoms with Crippen LogP contribution in [0.2, 0.25) is 13.1 Å². The Morgan fingerprint density at radius 3 is 2.25 bits per heavy atom. The molecule has 0 spiro atoms. The van der Waals surface area contributed by atoms with E-state index >= 15 is 0 Å². The maximum absolute atomic E-state index is 7.27. The molecule has 1 aromatic carbocycles. The van der Waals surface area contributed by atoms with Crippen molar-refractivity contribution in [3.63, 3.8) is 0 Å². The summed E-state index contributed by atoms with van der Waals surface area (Å²) in [5.41, 5.74) is 2.59. The summed E-state index contributed by atoms with van der Waals surface area (Å²) in [6.07, 6.45) is 3.18. The average Bonchev–Trinajstić information content (AvgIpc) is 2.70. The SMILES string of the molecule is C[SiH](C)[Zr]([Cl])([Cl])([NH]C(C)(C)C)[C]1=Cc2ccccc2C1. The number of nitrogens with one attached hydrogen (secondary N) is 1. The van der Waals surface area contributed by atoms with Crippen LogP contribution in [0.3, 0.4) is 0 Å². The number of benzene rings is 1. The Morgan fingerprint density at radius 2 is 1.75 bits per heavy atom. The van der Waals surface area contributed by atoms with Crippen molar-refractivity contribution in [3.05, 3.63) is 38.7 Å². The molecule has 111 valence electrons. The summed E-state index contributed by atoms with van der Waals surface area (Å²) < 4.78 is 5.02. The van der Waals surface area contributed by atoms with Crippen molar-refractivity contribution in [1.82, 2.24) is 3.26 Å². The van der Waals surface area contributed by atoms with E-state index in [0.717, 1.165) is 6.42 Å². The van der Waals surface area contributed by atoms with Crippen molar-refractivity contribution in [2.24, 2.45) is 0 Å². The molecule has 0 atom stereocenters. The van der Waals surface area contributed by atoms with Gasteiger partial charge in [0.05, 0.1) is 0 Å². The van der Waals surface area contributed by atoms with Gasteiger partial charge in [0.25, 0.3) is 0 Å². The minimum atomic E-state index is -4.05. The molecule has 1 aliphatic carbocycles. The number of hydrogen-bond acceptors (Lipinski definition) is 1. The summed E-state index contributed by atoms with van der Waals surface area (Å²) in [6.45, 7) is 11.0. The van der Waals surface area contributed by atoms with Crippen molar-refractivity contribution >= 4 is 29.0 Å². The van der Waals surface area contributed by atoms with Crippen LogP contribution in [0.4, 0.5) is 0 Å². The molecule has 0 unspecified atom stereocenters. The molecule has 0 heterocycles. The van der Waals surface area contributed by atoms with Gasteiger partial charge in [0.1, 0.15) is 0 Å². The van der Waals surface area contributed by atoms with Crippen molar-refractivity contribution < 1.29 is 15.8 Å². The fraction of sp³-hybridized carbons (Fsp3) is 0.467. The van der Waals surface area contributed by atoms with Gasteiger partial charge in [0.15, 0.2) is 0 Å². The Balaban J connectivity index is 2.47. The maximum atomic E-state index is 7.27. The number of fused-ring (bicyclic) bond motifs is 1. The van der Waals surface area contributed by atoms with E-state index < -0.39 is 21.8 Å². The Bertz CT molecular complexity index is 561. The van der Waals surface area contributed by atoms with Crippen LogP contribution in [0.1, 0.15) is 31.9 Å². The average molecular weight is 409 g/mol. The van der Waals surface area contributed by atoms with Gasteiger partial charge in [-0.3, -0.25) is 0 Å². The molecule has 2 rings (SSSR count). The van der Waals surface area contributed by atoms with Gasteiger partial charge in [-0.1, -0.05) is 0 Å². The van der Waals surface area contributed by atoms with Crippen LogP contribution >= 0.6 is 17.0 Å². The van der Waals surface area contributed by atoms with Gasteiger partial charge >= 0.3 is 133 Å². The van der Waals surface area contributed by atoms with Crippen LogP contribution in [-0.4, -0.2) is 11.5 Å². The zero-order chi connectivity index (χ0) is 15.2. The van der Waals surface area contributed by atoms with E-state index in [9.17, 15) is 0 Å². The molecule has 0 saturated carbocycles. The first kappa shape index (κ1) is 17.0. The van der Waals surface area contributed by atoms with Crippen LogP contribution in [0.25, 0.3) is 6.08 Å². The van der Waals surface area contributed by atoms with Crippen molar-refractivity contribution in [2.45, 2.75) is 45.8 Å². The second-order valence-electron chi connectivity index (χ2n) is 7.16. The third-order valence-electron chi connectivity index (χ3n) is 3.97. The predicted molar refractivity (Wildman–Crippen MR) is 91.6 cm³/mol. The normalized spacial score (nSPS) is 17.6. The number of rotatable bonds is 3. The van der Waals surface area contributed by atoms with Crippen LogP contribution in [0.5, 0.6) is 0 Å². The molecule has 20 heavy (non-hydrogen) atoms. The number of hydrogen-bond donors (Lipinski definition) is 1. The third-order valence-corrected chi connectivity index (χ3v) is 50.1. The topological polar surface area (TPSA) is 12.0 Å². The van der Waals surface area contributed by atoms with Crippen molar-refractivity contribution in [3.8, 4) is 0 Å². The zero-order valence-electron chi connectivity index (χ0n) is 12.9. The van der Waals surface area contributed by atoms with Crippen LogP contribution in [-0.2, 0) is 22.3 Å². The van der Waals surface area contributed by atoms with Gasteiger partial charge in [-0.05, 0) is 0 Å². The molecule has 1 nitrogen and oxygen atoms in total. The predicted octanol–water partition coefficient (Wildman–Crippen LogP) is 4.87. The number of allylic oxidation sites excluding steroid dienone is 1. The van der Waals surface area contributed by atoms with E-state index in [2.05, 4.69) is 67.5 Å². The summed E-state index contributed by atoms with van der Waals surface area (Å²) in [4.78, 5) is 0. The summed E-state index contributed by atoms with van der Waals surface area (Å²) in [6, 6.07) is 8.51. The Hall–Kier alpha value is 0.600. The van der Waals surface area contributed by atoms with Crippen LogP contribution in [0.15, 0.2) is 27.5 Å². The molecule has 1 N–H and O–H groups in total. The summed E-state index contributed by atoms with van der Waals surface area (Å²) >= 11 is -4.05. The van der Waals surface area contributed by atoms with E-state index in [1.165, 1.54) is 14.4 Å². The first-order valence-electron chi connectivity index (χ1n) is 7.18. The standard InChI is InChI=1S/C9H7.C4H10N.C2H7Si.2ClH.Zr/c1-2-5-9-7-3-6-8(9)4-1;1-4(2,3)5;1-3-2;;;/h1-2,4-6H,7H2;5H,1-3H3;3H,1-2H3;2*1H;/q;-1;;;;+3/p-2. The van der Waals surface area contributed by atoms with E-state index in [4.69, 9.17) is 17.0 Å². The molecule has 0 aromatic heterocycles. The van der Waals surface area contributed by atoms with Crippen molar-refractivity contribution in [1.29, 1.82) is 0 Å². The molecular formula is C15H24Cl2NSiZr. The number of halogens is 2. The second-order valence-corrected chi connectivity index (χ2v) is 47.1. The van der Waals surface area contributed by atoms with E-state index in [-0.39, 0.29) is 5.54 Å². The van der Waals surface area contributed by atoms with Crippen molar-refractivity contribution in [2.75, 3.05) is 0 Å². The molecule has 0 saturated heterocycles. The summed E-state index contributed by atoms with van der Waals surface area (Å²) in [5.74, 6) is -1.24. The third kappa shape index (κ3) is 3.17. The van der Waals surface area contributed by atoms with Gasteiger partial charge in [-0.2, -0.15) is 0 Å². The Labute approximate surface area is 131 Å². The van der Waals surface area contributed by atoms with E-state index in [1.54, 1.807) is 0 Å². The molecule has 0 aliphatic heterocycles. The molecular weight excluding hydrogens is 384 g/mol. The van der Waals surface area contributed by atoms with Gasteiger partial charge in [0, 0.05) is 0 Å². The first-order chi connectivity index (χ1) is 9.02. The Morgan fingerprint density at radius 1 is 1.15 bits per heavy atom. The molecule has 0 radical (unpaired) electrons. The van der Waals surface area contributed by atoms with Gasteiger partial charge in [-0.25, -0.2) is 0 Å². The fourth-order valence-corrected chi connectivity index (χ4v) is 26.0. The molecule has 5 heteroatoms. The molecule has 1 aliphatic rings. The quantitative estimate of drug-likeness (QED) is 0.704. The molecule has 0 amide bonds.